The average molecular weight is 455 g/mol. The van der Waals surface area contributed by atoms with Gasteiger partial charge >= 0.3 is 5.97 Å². The first kappa shape index (κ1) is 20.2. The Morgan fingerprint density at radius 3 is 2.86 bits per heavy atom. The Hall–Kier alpha value is -2.12. The maximum absolute atomic E-state index is 12.9. The van der Waals surface area contributed by atoms with Crippen LogP contribution in [0, 0.1) is 5.41 Å². The van der Waals surface area contributed by atoms with Gasteiger partial charge in [0.25, 0.3) is 0 Å². The molecule has 2 aliphatic heterocycles. The van der Waals surface area contributed by atoms with E-state index in [0.717, 1.165) is 5.00 Å². The fourth-order valence-electron chi connectivity index (χ4n) is 3.43. The van der Waals surface area contributed by atoms with Gasteiger partial charge in [0.05, 0.1) is 5.00 Å². The number of hydrogen-bond acceptors (Lipinski definition) is 9. The van der Waals surface area contributed by atoms with Crippen molar-refractivity contribution in [2.24, 2.45) is 12.5 Å². The van der Waals surface area contributed by atoms with Crippen molar-refractivity contribution in [3.63, 3.8) is 0 Å². The number of amides is 2. The molecule has 29 heavy (non-hydrogen) atoms. The van der Waals surface area contributed by atoms with Crippen LogP contribution in [0.3, 0.4) is 0 Å². The molecule has 0 aromatic carbocycles. The van der Waals surface area contributed by atoms with Crippen molar-refractivity contribution in [1.29, 1.82) is 0 Å². The van der Waals surface area contributed by atoms with Crippen LogP contribution in [0.1, 0.15) is 6.92 Å². The summed E-state index contributed by atoms with van der Waals surface area (Å²) < 4.78 is 1.48. The van der Waals surface area contributed by atoms with Crippen LogP contribution in [-0.4, -0.2) is 77.5 Å². The summed E-state index contributed by atoms with van der Waals surface area (Å²) in [6, 6.07) is 3.04. The molecular formula is C16H18N6O4S3. The van der Waals surface area contributed by atoms with E-state index in [2.05, 4.69) is 15.5 Å². The summed E-state index contributed by atoms with van der Waals surface area (Å²) in [6.45, 7) is 1.54. The molecule has 0 bridgehead atoms. The zero-order valence-corrected chi connectivity index (χ0v) is 18.0. The third-order valence-corrected chi connectivity index (χ3v) is 8.73. The van der Waals surface area contributed by atoms with E-state index in [1.165, 1.54) is 51.4 Å². The van der Waals surface area contributed by atoms with Gasteiger partial charge in [0.1, 0.15) is 16.8 Å². The van der Waals surface area contributed by atoms with E-state index in [9.17, 15) is 19.5 Å². The van der Waals surface area contributed by atoms with Gasteiger partial charge < -0.3 is 10.0 Å². The number of thioether (sulfide) groups is 2. The molecule has 13 heteroatoms. The monoisotopic (exact) mass is 454 g/mol. The minimum Gasteiger partial charge on any atom is -0.481 e. The molecule has 2 fully saturated rings. The molecule has 10 nitrogen and oxygen atoms in total. The number of carboxylic acid groups (broad SMARTS) is 1. The minimum atomic E-state index is -1.11. The highest BCUT2D eigenvalue weighted by atomic mass is 32.2. The van der Waals surface area contributed by atoms with E-state index >= 15 is 0 Å². The molecule has 154 valence electrons. The quantitative estimate of drug-likeness (QED) is 0.498. The van der Waals surface area contributed by atoms with Crippen molar-refractivity contribution >= 4 is 57.6 Å². The highest BCUT2D eigenvalue weighted by molar-refractivity contribution is 8.00. The Morgan fingerprint density at radius 1 is 1.48 bits per heavy atom. The number of carbonyl (C=O) groups excluding carboxylic acids is 2. The van der Waals surface area contributed by atoms with Crippen LogP contribution in [-0.2, 0) is 21.4 Å². The molecule has 2 aromatic heterocycles. The summed E-state index contributed by atoms with van der Waals surface area (Å²) in [5, 5.41) is 24.0. The molecule has 2 aliphatic rings. The Bertz CT molecular complexity index is 950. The molecule has 0 saturated carbocycles. The van der Waals surface area contributed by atoms with Gasteiger partial charge in [-0.3, -0.25) is 19.3 Å². The molecule has 3 atom stereocenters. The van der Waals surface area contributed by atoms with Gasteiger partial charge in [-0.25, -0.2) is 4.68 Å². The number of aliphatic carboxylic acids is 1. The van der Waals surface area contributed by atoms with Gasteiger partial charge in [-0.15, -0.1) is 28.2 Å². The Kier molecular flexibility index (Phi) is 5.29. The summed E-state index contributed by atoms with van der Waals surface area (Å²) in [6.07, 6.45) is 0. The SMILES string of the molecule is CC(=O)N(c1cccs1)C1C(=O)N2CC(CSc3nnnn3C)(C(=O)O)CS[C@H]12. The van der Waals surface area contributed by atoms with Crippen LogP contribution in [0.15, 0.2) is 22.7 Å². The molecule has 4 rings (SSSR count). The number of aryl methyl sites for hydroxylation is 1. The van der Waals surface area contributed by atoms with Gasteiger partial charge in [-0.05, 0) is 27.9 Å². The van der Waals surface area contributed by atoms with Crippen LogP contribution in [0.2, 0.25) is 0 Å². The summed E-state index contributed by atoms with van der Waals surface area (Å²) in [4.78, 5) is 40.4. The van der Waals surface area contributed by atoms with Crippen molar-refractivity contribution in [3.8, 4) is 0 Å². The summed E-state index contributed by atoms with van der Waals surface area (Å²) in [5.41, 5.74) is -1.11. The summed E-state index contributed by atoms with van der Waals surface area (Å²) in [5.74, 6) is -0.800. The maximum atomic E-state index is 12.9. The normalized spacial score (nSPS) is 26.0. The van der Waals surface area contributed by atoms with E-state index in [4.69, 9.17) is 0 Å². The summed E-state index contributed by atoms with van der Waals surface area (Å²) in [7, 11) is 1.69. The lowest BCUT2D eigenvalue weighted by Crippen LogP contribution is -2.74. The molecule has 0 aliphatic carbocycles. The second-order valence-electron chi connectivity index (χ2n) is 6.91. The number of tetrazole rings is 1. The lowest BCUT2D eigenvalue weighted by atomic mass is 9.89. The van der Waals surface area contributed by atoms with Crippen molar-refractivity contribution in [2.75, 3.05) is 23.0 Å². The van der Waals surface area contributed by atoms with E-state index < -0.39 is 17.4 Å². The molecule has 0 spiro atoms. The Labute approximate surface area is 178 Å². The first-order chi connectivity index (χ1) is 13.8. The van der Waals surface area contributed by atoms with Gasteiger partial charge in [0, 0.05) is 32.0 Å². The second-order valence-corrected chi connectivity index (χ2v) is 9.89. The molecule has 0 radical (unpaired) electrons. The van der Waals surface area contributed by atoms with Crippen molar-refractivity contribution in [2.45, 2.75) is 23.5 Å². The predicted octanol–water partition coefficient (Wildman–Crippen LogP) is 0.772. The van der Waals surface area contributed by atoms with Crippen LogP contribution in [0.25, 0.3) is 0 Å². The fraction of sp³-hybridized carbons (Fsp3) is 0.500. The number of rotatable bonds is 6. The van der Waals surface area contributed by atoms with E-state index in [-0.39, 0.29) is 29.5 Å². The topological polar surface area (TPSA) is 122 Å². The average Bonchev–Trinajstić information content (AvgIpc) is 3.35. The highest BCUT2D eigenvalue weighted by Crippen LogP contribution is 2.46. The van der Waals surface area contributed by atoms with E-state index in [0.29, 0.717) is 10.9 Å². The molecular weight excluding hydrogens is 436 g/mol. The Balaban J connectivity index is 1.51. The fourth-order valence-corrected chi connectivity index (χ4v) is 6.99. The summed E-state index contributed by atoms with van der Waals surface area (Å²) >= 11 is 4.06. The number of β-lactam (4-membered cyclic amide) rings is 1. The van der Waals surface area contributed by atoms with Crippen LogP contribution in [0.4, 0.5) is 5.00 Å². The number of carbonyl (C=O) groups is 3. The minimum absolute atomic E-state index is 0.101. The van der Waals surface area contributed by atoms with Crippen molar-refractivity contribution in [1.82, 2.24) is 25.1 Å². The van der Waals surface area contributed by atoms with Crippen LogP contribution >= 0.6 is 34.9 Å². The molecule has 2 aromatic rings. The predicted molar refractivity (Wildman–Crippen MR) is 109 cm³/mol. The Morgan fingerprint density at radius 2 is 2.28 bits per heavy atom. The highest BCUT2D eigenvalue weighted by Gasteiger charge is 2.59. The molecule has 2 amide bonds. The van der Waals surface area contributed by atoms with Gasteiger partial charge in [0.2, 0.25) is 17.0 Å². The first-order valence-electron chi connectivity index (χ1n) is 8.68. The number of nitrogens with zero attached hydrogens (tertiary/aromatic N) is 6. The number of fused-ring (bicyclic) bond motifs is 1. The standard InChI is InChI=1S/C16H18N6O4S3/c1-9(23)22(10-4-3-5-27-10)11-12(24)21-6-16(14(25)26,7-28-13(11)21)8-29-15-17-18-19-20(15)2/h3-5,11,13H,6-8H2,1-2H3,(H,25,26)/t11?,13-,16?/m1/s1. The maximum Gasteiger partial charge on any atom is 0.313 e. The number of carboxylic acids is 1. The zero-order chi connectivity index (χ0) is 20.8. The lowest BCUT2D eigenvalue weighted by Gasteiger charge is -2.55. The number of thiophene rings is 1. The first-order valence-corrected chi connectivity index (χ1v) is 11.6. The molecule has 2 unspecified atom stereocenters. The molecule has 1 N–H and O–H groups in total. The molecule has 2 saturated heterocycles. The van der Waals surface area contributed by atoms with Crippen molar-refractivity contribution < 1.29 is 19.5 Å². The van der Waals surface area contributed by atoms with Gasteiger partial charge in [-0.1, -0.05) is 11.8 Å². The second kappa shape index (κ2) is 7.61. The number of hydrogen-bond donors (Lipinski definition) is 1. The largest absolute Gasteiger partial charge is 0.481 e. The van der Waals surface area contributed by atoms with E-state index in [1.54, 1.807) is 11.9 Å². The van der Waals surface area contributed by atoms with Gasteiger partial charge in [0.15, 0.2) is 0 Å². The number of anilines is 1. The van der Waals surface area contributed by atoms with Crippen molar-refractivity contribution in [3.05, 3.63) is 17.5 Å². The smallest absolute Gasteiger partial charge is 0.313 e. The number of aromatic nitrogens is 4. The zero-order valence-electron chi connectivity index (χ0n) is 15.6. The van der Waals surface area contributed by atoms with Crippen LogP contribution < -0.4 is 4.90 Å². The molecule has 4 heterocycles. The van der Waals surface area contributed by atoms with E-state index in [1.807, 2.05) is 17.5 Å². The third kappa shape index (κ3) is 3.40. The van der Waals surface area contributed by atoms with Crippen LogP contribution in [0.5, 0.6) is 0 Å². The third-order valence-electron chi connectivity index (χ3n) is 4.99. The van der Waals surface area contributed by atoms with Gasteiger partial charge in [-0.2, -0.15) is 0 Å². The lowest BCUT2D eigenvalue weighted by molar-refractivity contribution is -0.156.